The van der Waals surface area contributed by atoms with Crippen LogP contribution in [0.5, 0.6) is 5.75 Å². The van der Waals surface area contributed by atoms with E-state index in [2.05, 4.69) is 10.3 Å². The second-order valence-corrected chi connectivity index (χ2v) is 5.51. The number of hydrogen-bond acceptors (Lipinski definition) is 5. The molecule has 0 bridgehead atoms. The number of fused-ring (bicyclic) bond motifs is 1. The summed E-state index contributed by atoms with van der Waals surface area (Å²) in [5.74, 6) is 0.0156. The van der Waals surface area contributed by atoms with Gasteiger partial charge in [-0.1, -0.05) is 6.07 Å². The van der Waals surface area contributed by atoms with E-state index in [0.717, 1.165) is 11.1 Å². The van der Waals surface area contributed by atoms with Crippen LogP contribution in [-0.2, 0) is 4.74 Å². The van der Waals surface area contributed by atoms with Crippen LogP contribution in [0.4, 0.5) is 5.69 Å². The number of methoxy groups -OCH3 is 1. The molecule has 6 nitrogen and oxygen atoms in total. The maximum Gasteiger partial charge on any atom is 0.338 e. The van der Waals surface area contributed by atoms with E-state index in [1.165, 1.54) is 0 Å². The number of rotatable bonds is 5. The normalized spacial score (nSPS) is 10.4. The topological polar surface area (TPSA) is 77.5 Å². The van der Waals surface area contributed by atoms with Gasteiger partial charge >= 0.3 is 5.97 Å². The van der Waals surface area contributed by atoms with Crippen molar-refractivity contribution >= 4 is 28.5 Å². The zero-order valence-electron chi connectivity index (χ0n) is 14.5. The second kappa shape index (κ2) is 7.65. The van der Waals surface area contributed by atoms with Gasteiger partial charge in [0.1, 0.15) is 11.4 Å². The molecule has 0 fully saturated rings. The third-order valence-corrected chi connectivity index (χ3v) is 3.78. The first kappa shape index (κ1) is 17.4. The minimum absolute atomic E-state index is 0.303. The maximum absolute atomic E-state index is 12.4. The molecule has 0 aliphatic carbocycles. The molecule has 1 heterocycles. The van der Waals surface area contributed by atoms with Crippen molar-refractivity contribution in [3.05, 3.63) is 65.9 Å². The van der Waals surface area contributed by atoms with Crippen LogP contribution in [-0.4, -0.2) is 30.6 Å². The van der Waals surface area contributed by atoms with Crippen LogP contribution in [0.3, 0.4) is 0 Å². The van der Waals surface area contributed by atoms with Gasteiger partial charge in [0.15, 0.2) is 0 Å². The van der Waals surface area contributed by atoms with Gasteiger partial charge in [-0.25, -0.2) is 9.78 Å². The molecule has 0 atom stereocenters. The molecule has 0 radical (unpaired) electrons. The number of aromatic nitrogens is 1. The number of carbonyl (C=O) groups excluding carboxylic acids is 2. The highest BCUT2D eigenvalue weighted by atomic mass is 16.5. The van der Waals surface area contributed by atoms with Crippen molar-refractivity contribution in [2.75, 3.05) is 19.0 Å². The molecular formula is C20H18N2O4. The van der Waals surface area contributed by atoms with Gasteiger partial charge in [-0.2, -0.15) is 0 Å². The molecular weight excluding hydrogens is 332 g/mol. The van der Waals surface area contributed by atoms with Crippen LogP contribution >= 0.6 is 0 Å². The third-order valence-electron chi connectivity index (χ3n) is 3.78. The summed E-state index contributed by atoms with van der Waals surface area (Å²) in [6.07, 6.45) is 0. The third kappa shape index (κ3) is 3.80. The number of esters is 1. The fraction of sp³-hybridized carbons (Fsp3) is 0.150. The Morgan fingerprint density at radius 3 is 2.50 bits per heavy atom. The Morgan fingerprint density at radius 2 is 1.81 bits per heavy atom. The minimum Gasteiger partial charge on any atom is -0.497 e. The Balaban J connectivity index is 1.75. The van der Waals surface area contributed by atoms with E-state index < -0.39 is 5.97 Å². The molecule has 132 valence electrons. The van der Waals surface area contributed by atoms with Crippen molar-refractivity contribution in [3.8, 4) is 5.75 Å². The van der Waals surface area contributed by atoms with Gasteiger partial charge < -0.3 is 14.8 Å². The fourth-order valence-electron chi connectivity index (χ4n) is 2.46. The standard InChI is InChI=1S/C20H18N2O4/c1-3-26-20(24)13-4-7-15(8-5-13)21-19(23)18-10-6-14-12-16(25-2)9-11-17(14)22-18/h4-12H,3H2,1-2H3,(H,21,23). The number of amides is 1. The van der Waals surface area contributed by atoms with Gasteiger partial charge in [-0.3, -0.25) is 4.79 Å². The zero-order chi connectivity index (χ0) is 18.5. The number of pyridine rings is 1. The SMILES string of the molecule is CCOC(=O)c1ccc(NC(=O)c2ccc3cc(OC)ccc3n2)cc1. The van der Waals surface area contributed by atoms with Crippen molar-refractivity contribution in [3.63, 3.8) is 0 Å². The molecule has 0 unspecified atom stereocenters. The summed E-state index contributed by atoms with van der Waals surface area (Å²) in [7, 11) is 1.60. The Morgan fingerprint density at radius 1 is 1.04 bits per heavy atom. The lowest BCUT2D eigenvalue weighted by Gasteiger charge is -2.07. The van der Waals surface area contributed by atoms with Gasteiger partial charge in [0.05, 0.1) is 24.8 Å². The Bertz CT molecular complexity index is 952. The predicted molar refractivity (Wildman–Crippen MR) is 98.6 cm³/mol. The van der Waals surface area contributed by atoms with Crippen LogP contribution in [0.1, 0.15) is 27.8 Å². The number of nitrogens with one attached hydrogen (secondary N) is 1. The van der Waals surface area contributed by atoms with E-state index in [1.807, 2.05) is 12.1 Å². The van der Waals surface area contributed by atoms with Gasteiger partial charge in [0.25, 0.3) is 5.91 Å². The Hall–Kier alpha value is -3.41. The fourth-order valence-corrected chi connectivity index (χ4v) is 2.46. The van der Waals surface area contributed by atoms with E-state index in [4.69, 9.17) is 9.47 Å². The lowest BCUT2D eigenvalue weighted by atomic mass is 10.2. The number of anilines is 1. The van der Waals surface area contributed by atoms with Crippen LogP contribution in [0.2, 0.25) is 0 Å². The molecule has 2 aromatic carbocycles. The molecule has 0 spiro atoms. The summed E-state index contributed by atoms with van der Waals surface area (Å²) in [6.45, 7) is 2.07. The van der Waals surface area contributed by atoms with Crippen molar-refractivity contribution in [1.82, 2.24) is 4.98 Å². The number of benzene rings is 2. The molecule has 1 aromatic heterocycles. The van der Waals surface area contributed by atoms with Gasteiger partial charge in [0.2, 0.25) is 0 Å². The lowest BCUT2D eigenvalue weighted by Crippen LogP contribution is -2.14. The van der Waals surface area contributed by atoms with E-state index in [0.29, 0.717) is 29.1 Å². The van der Waals surface area contributed by atoms with Crippen LogP contribution in [0.25, 0.3) is 10.9 Å². The highest BCUT2D eigenvalue weighted by molar-refractivity contribution is 6.04. The number of carbonyl (C=O) groups is 2. The van der Waals surface area contributed by atoms with Gasteiger partial charge in [0, 0.05) is 11.1 Å². The average molecular weight is 350 g/mol. The quantitative estimate of drug-likeness (QED) is 0.710. The largest absolute Gasteiger partial charge is 0.497 e. The van der Waals surface area contributed by atoms with Crippen molar-refractivity contribution in [2.45, 2.75) is 6.92 Å². The zero-order valence-corrected chi connectivity index (χ0v) is 14.5. The van der Waals surface area contributed by atoms with Crippen molar-refractivity contribution in [2.24, 2.45) is 0 Å². The van der Waals surface area contributed by atoms with E-state index in [1.54, 1.807) is 56.5 Å². The molecule has 1 N–H and O–H groups in total. The van der Waals surface area contributed by atoms with Crippen LogP contribution < -0.4 is 10.1 Å². The second-order valence-electron chi connectivity index (χ2n) is 5.51. The van der Waals surface area contributed by atoms with E-state index in [9.17, 15) is 9.59 Å². The predicted octanol–water partition coefficient (Wildman–Crippen LogP) is 3.67. The van der Waals surface area contributed by atoms with Crippen LogP contribution in [0.15, 0.2) is 54.6 Å². The monoisotopic (exact) mass is 350 g/mol. The van der Waals surface area contributed by atoms with E-state index in [-0.39, 0.29) is 5.91 Å². The first-order valence-electron chi connectivity index (χ1n) is 8.14. The first-order chi connectivity index (χ1) is 12.6. The lowest BCUT2D eigenvalue weighted by molar-refractivity contribution is 0.0526. The van der Waals surface area contributed by atoms with Crippen LogP contribution in [0, 0.1) is 0 Å². The summed E-state index contributed by atoms with van der Waals surface area (Å²) in [6, 6.07) is 15.4. The summed E-state index contributed by atoms with van der Waals surface area (Å²) >= 11 is 0. The maximum atomic E-state index is 12.4. The first-order valence-corrected chi connectivity index (χ1v) is 8.14. The van der Waals surface area contributed by atoms with E-state index >= 15 is 0 Å². The molecule has 0 saturated carbocycles. The summed E-state index contributed by atoms with van der Waals surface area (Å²) < 4.78 is 10.1. The summed E-state index contributed by atoms with van der Waals surface area (Å²) in [5, 5.41) is 3.65. The summed E-state index contributed by atoms with van der Waals surface area (Å²) in [5.41, 5.74) is 2.01. The van der Waals surface area contributed by atoms with Gasteiger partial charge in [-0.05, 0) is 55.5 Å². The highest BCUT2D eigenvalue weighted by Gasteiger charge is 2.10. The molecule has 3 aromatic rings. The van der Waals surface area contributed by atoms with Crippen molar-refractivity contribution in [1.29, 1.82) is 0 Å². The molecule has 0 aliphatic rings. The number of ether oxygens (including phenoxy) is 2. The average Bonchev–Trinajstić information content (AvgIpc) is 2.67. The molecule has 26 heavy (non-hydrogen) atoms. The minimum atomic E-state index is -0.392. The summed E-state index contributed by atoms with van der Waals surface area (Å²) in [4.78, 5) is 28.4. The van der Waals surface area contributed by atoms with Crippen molar-refractivity contribution < 1.29 is 19.1 Å². The number of nitrogens with zero attached hydrogens (tertiary/aromatic N) is 1. The van der Waals surface area contributed by atoms with Gasteiger partial charge in [-0.15, -0.1) is 0 Å². The molecule has 1 amide bonds. The molecule has 0 saturated heterocycles. The number of hydrogen-bond donors (Lipinski definition) is 1. The molecule has 6 heteroatoms. The highest BCUT2D eigenvalue weighted by Crippen LogP contribution is 2.20. The molecule has 3 rings (SSSR count). The molecule has 0 aliphatic heterocycles. The Labute approximate surface area is 150 Å². The smallest absolute Gasteiger partial charge is 0.338 e. The Kier molecular flexibility index (Phi) is 5.12.